The van der Waals surface area contributed by atoms with Crippen molar-refractivity contribution >= 4 is 11.7 Å². The highest BCUT2D eigenvalue weighted by Gasteiger charge is 2.42. The Morgan fingerprint density at radius 1 is 1.50 bits per heavy atom. The number of rotatable bonds is 5. The zero-order valence-corrected chi connectivity index (χ0v) is 10.4. The van der Waals surface area contributed by atoms with Crippen molar-refractivity contribution in [2.24, 2.45) is 5.41 Å². The van der Waals surface area contributed by atoms with Gasteiger partial charge < -0.3 is 20.5 Å². The fourth-order valence-corrected chi connectivity index (χ4v) is 1.71. The molecule has 5 nitrogen and oxygen atoms in total. The summed E-state index contributed by atoms with van der Waals surface area (Å²) < 4.78 is 5.07. The Bertz CT molecular complexity index is 430. The second-order valence-corrected chi connectivity index (χ2v) is 4.70. The molecule has 0 atom stereocenters. The molecule has 0 spiro atoms. The molecule has 0 aromatic heterocycles. The summed E-state index contributed by atoms with van der Waals surface area (Å²) in [6.45, 7) is 0.645. The average Bonchev–Trinajstić information content (AvgIpc) is 3.17. The van der Waals surface area contributed by atoms with Gasteiger partial charge in [-0.2, -0.15) is 0 Å². The van der Waals surface area contributed by atoms with E-state index in [9.17, 15) is 4.79 Å². The van der Waals surface area contributed by atoms with Gasteiger partial charge in [0, 0.05) is 23.7 Å². The van der Waals surface area contributed by atoms with Gasteiger partial charge in [0.15, 0.2) is 0 Å². The quantitative estimate of drug-likeness (QED) is 0.743. The molecule has 1 fully saturated rings. The molecule has 5 heteroatoms. The van der Waals surface area contributed by atoms with Gasteiger partial charge in [0.05, 0.1) is 13.7 Å². The van der Waals surface area contributed by atoms with Crippen molar-refractivity contribution in [2.75, 3.05) is 25.6 Å². The smallest absolute Gasteiger partial charge is 0.319 e. The van der Waals surface area contributed by atoms with Crippen LogP contribution in [0.3, 0.4) is 0 Å². The summed E-state index contributed by atoms with van der Waals surface area (Å²) >= 11 is 0. The summed E-state index contributed by atoms with van der Waals surface area (Å²) in [5.41, 5.74) is 0.604. The van der Waals surface area contributed by atoms with Crippen LogP contribution in [0.1, 0.15) is 12.8 Å². The van der Waals surface area contributed by atoms with Crippen molar-refractivity contribution < 1.29 is 14.6 Å². The van der Waals surface area contributed by atoms with Gasteiger partial charge in [0.2, 0.25) is 0 Å². The number of aliphatic hydroxyl groups is 1. The van der Waals surface area contributed by atoms with Gasteiger partial charge in [0.1, 0.15) is 5.75 Å². The fourth-order valence-electron chi connectivity index (χ4n) is 1.71. The third kappa shape index (κ3) is 3.13. The Balaban J connectivity index is 1.83. The first kappa shape index (κ1) is 12.7. The Hall–Kier alpha value is -1.75. The molecule has 98 valence electrons. The molecule has 0 unspecified atom stereocenters. The minimum atomic E-state index is -0.261. The summed E-state index contributed by atoms with van der Waals surface area (Å²) in [7, 11) is 1.58. The number of methoxy groups -OCH3 is 1. The van der Waals surface area contributed by atoms with Crippen molar-refractivity contribution in [3.63, 3.8) is 0 Å². The van der Waals surface area contributed by atoms with Gasteiger partial charge >= 0.3 is 6.03 Å². The van der Waals surface area contributed by atoms with Crippen LogP contribution < -0.4 is 15.4 Å². The summed E-state index contributed by atoms with van der Waals surface area (Å²) in [6.07, 6.45) is 1.95. The molecule has 2 amide bonds. The van der Waals surface area contributed by atoms with E-state index in [0.717, 1.165) is 12.8 Å². The Morgan fingerprint density at radius 2 is 2.28 bits per heavy atom. The normalized spacial score (nSPS) is 15.9. The largest absolute Gasteiger partial charge is 0.497 e. The molecule has 18 heavy (non-hydrogen) atoms. The molecular formula is C13H18N2O3. The number of anilines is 1. The van der Waals surface area contributed by atoms with Crippen molar-refractivity contribution in [3.8, 4) is 5.75 Å². The van der Waals surface area contributed by atoms with Gasteiger partial charge in [-0.1, -0.05) is 6.07 Å². The first-order chi connectivity index (χ1) is 8.67. The van der Waals surface area contributed by atoms with E-state index in [1.807, 2.05) is 12.1 Å². The number of carbonyl (C=O) groups excluding carboxylic acids is 1. The van der Waals surface area contributed by atoms with E-state index in [1.165, 1.54) is 0 Å². The van der Waals surface area contributed by atoms with Crippen LogP contribution in [0, 0.1) is 5.41 Å². The van der Waals surface area contributed by atoms with E-state index in [4.69, 9.17) is 9.84 Å². The van der Waals surface area contributed by atoms with Crippen LogP contribution in [-0.2, 0) is 0 Å². The molecule has 3 N–H and O–H groups in total. The second kappa shape index (κ2) is 5.27. The molecule has 0 saturated heterocycles. The average molecular weight is 250 g/mol. The maximum atomic E-state index is 11.7. The van der Waals surface area contributed by atoms with Crippen molar-refractivity contribution in [1.82, 2.24) is 5.32 Å². The molecule has 1 aromatic rings. The van der Waals surface area contributed by atoms with Gasteiger partial charge in [0.25, 0.3) is 0 Å². The molecule has 0 aliphatic heterocycles. The number of urea groups is 1. The lowest BCUT2D eigenvalue weighted by Gasteiger charge is -2.13. The zero-order valence-electron chi connectivity index (χ0n) is 10.4. The number of ether oxygens (including phenoxy) is 1. The second-order valence-electron chi connectivity index (χ2n) is 4.70. The minimum absolute atomic E-state index is 0.0777. The minimum Gasteiger partial charge on any atom is -0.497 e. The SMILES string of the molecule is COc1cccc(NC(=O)NCC2(CO)CC2)c1. The predicted molar refractivity (Wildman–Crippen MR) is 68.8 cm³/mol. The van der Waals surface area contributed by atoms with E-state index >= 15 is 0 Å². The topological polar surface area (TPSA) is 70.6 Å². The van der Waals surface area contributed by atoms with Crippen LogP contribution in [0.2, 0.25) is 0 Å². The Kier molecular flexibility index (Phi) is 3.72. The first-order valence-electron chi connectivity index (χ1n) is 5.97. The highest BCUT2D eigenvalue weighted by atomic mass is 16.5. The van der Waals surface area contributed by atoms with Gasteiger partial charge in [-0.3, -0.25) is 0 Å². The van der Waals surface area contributed by atoms with E-state index in [-0.39, 0.29) is 18.1 Å². The molecule has 1 aromatic carbocycles. The Labute approximate surface area is 106 Å². The number of benzene rings is 1. The summed E-state index contributed by atoms with van der Waals surface area (Å²) in [6, 6.07) is 6.90. The van der Waals surface area contributed by atoms with Gasteiger partial charge in [-0.15, -0.1) is 0 Å². The van der Waals surface area contributed by atoms with Crippen LogP contribution >= 0.6 is 0 Å². The summed E-state index contributed by atoms with van der Waals surface area (Å²) in [4.78, 5) is 11.7. The molecule has 1 aliphatic rings. The molecular weight excluding hydrogens is 232 g/mol. The first-order valence-corrected chi connectivity index (χ1v) is 5.97. The van der Waals surface area contributed by atoms with Gasteiger partial charge in [-0.05, 0) is 25.0 Å². The highest BCUT2D eigenvalue weighted by Crippen LogP contribution is 2.44. The molecule has 0 radical (unpaired) electrons. The third-order valence-electron chi connectivity index (χ3n) is 3.24. The number of aliphatic hydroxyl groups excluding tert-OH is 1. The lowest BCUT2D eigenvalue weighted by molar-refractivity contribution is 0.206. The van der Waals surface area contributed by atoms with E-state index in [2.05, 4.69) is 10.6 Å². The maximum Gasteiger partial charge on any atom is 0.319 e. The molecule has 0 heterocycles. The lowest BCUT2D eigenvalue weighted by atomic mass is 10.1. The zero-order chi connectivity index (χ0) is 13.0. The van der Waals surface area contributed by atoms with Crippen LogP contribution in [0.5, 0.6) is 5.75 Å². The lowest BCUT2D eigenvalue weighted by Crippen LogP contribution is -2.35. The monoisotopic (exact) mass is 250 g/mol. The van der Waals surface area contributed by atoms with Crippen LogP contribution in [0.25, 0.3) is 0 Å². The van der Waals surface area contributed by atoms with Crippen LogP contribution in [0.15, 0.2) is 24.3 Å². The van der Waals surface area contributed by atoms with E-state index in [0.29, 0.717) is 18.0 Å². The van der Waals surface area contributed by atoms with Gasteiger partial charge in [-0.25, -0.2) is 4.79 Å². The van der Waals surface area contributed by atoms with Crippen molar-refractivity contribution in [1.29, 1.82) is 0 Å². The third-order valence-corrected chi connectivity index (χ3v) is 3.24. The van der Waals surface area contributed by atoms with E-state index < -0.39 is 0 Å². The number of hydrogen-bond acceptors (Lipinski definition) is 3. The maximum absolute atomic E-state index is 11.7. The number of amides is 2. The number of hydrogen-bond donors (Lipinski definition) is 3. The molecule has 0 bridgehead atoms. The van der Waals surface area contributed by atoms with Crippen LogP contribution in [0.4, 0.5) is 10.5 Å². The van der Waals surface area contributed by atoms with Crippen molar-refractivity contribution in [2.45, 2.75) is 12.8 Å². The van der Waals surface area contributed by atoms with Crippen LogP contribution in [-0.4, -0.2) is 31.4 Å². The predicted octanol–water partition coefficient (Wildman–Crippen LogP) is 1.59. The molecule has 1 saturated carbocycles. The summed E-state index contributed by atoms with van der Waals surface area (Å²) in [5.74, 6) is 0.696. The van der Waals surface area contributed by atoms with Crippen molar-refractivity contribution in [3.05, 3.63) is 24.3 Å². The summed E-state index contributed by atoms with van der Waals surface area (Å²) in [5, 5.41) is 14.6. The van der Waals surface area contributed by atoms with E-state index in [1.54, 1.807) is 19.2 Å². The number of carbonyl (C=O) groups is 1. The molecule has 1 aliphatic carbocycles. The number of nitrogens with one attached hydrogen (secondary N) is 2. The standard InChI is InChI=1S/C13H18N2O3/c1-18-11-4-2-3-10(7-11)15-12(17)14-8-13(9-16)5-6-13/h2-4,7,16H,5-6,8-9H2,1H3,(H2,14,15,17). The molecule has 2 rings (SSSR count). The highest BCUT2D eigenvalue weighted by molar-refractivity contribution is 5.89. The fraction of sp³-hybridized carbons (Fsp3) is 0.462. The Morgan fingerprint density at radius 3 is 2.89 bits per heavy atom.